The quantitative estimate of drug-likeness (QED) is 0.307. The van der Waals surface area contributed by atoms with Crippen LogP contribution in [0.1, 0.15) is 19.2 Å². The Morgan fingerprint density at radius 3 is 2.15 bits per heavy atom. The number of methoxy groups -OCH3 is 1. The molecule has 0 saturated carbocycles. The van der Waals surface area contributed by atoms with E-state index in [1.165, 1.54) is 10.8 Å². The highest BCUT2D eigenvalue weighted by Crippen LogP contribution is 2.40. The maximum absolute atomic E-state index is 11.2. The number of aliphatic hydroxyl groups excluding tert-OH is 1. The Labute approximate surface area is 192 Å². The highest BCUT2D eigenvalue weighted by Gasteiger charge is 2.27. The molecule has 1 heterocycles. The maximum atomic E-state index is 11.2. The monoisotopic (exact) mass is 432 g/mol. The Morgan fingerprint density at radius 1 is 0.848 bits per heavy atom. The SMILES string of the molecule is COC1=CC(c2nc3c4ccccc4c4ccccc4c3n2-c2ccccc2)=C(O)C(C)C1. The molecule has 1 atom stereocenters. The van der Waals surface area contributed by atoms with Crippen molar-refractivity contribution in [1.29, 1.82) is 0 Å². The lowest BCUT2D eigenvalue weighted by molar-refractivity contribution is 0.246. The van der Waals surface area contributed by atoms with Crippen LogP contribution in [0.5, 0.6) is 0 Å². The lowest BCUT2D eigenvalue weighted by atomic mass is 9.93. The van der Waals surface area contributed by atoms with E-state index in [2.05, 4.69) is 65.2 Å². The van der Waals surface area contributed by atoms with Gasteiger partial charge < -0.3 is 9.84 Å². The molecule has 1 aliphatic carbocycles. The van der Waals surface area contributed by atoms with Crippen LogP contribution >= 0.6 is 0 Å². The summed E-state index contributed by atoms with van der Waals surface area (Å²) in [7, 11) is 1.68. The summed E-state index contributed by atoms with van der Waals surface area (Å²) >= 11 is 0. The van der Waals surface area contributed by atoms with Crippen molar-refractivity contribution in [1.82, 2.24) is 9.55 Å². The van der Waals surface area contributed by atoms with Gasteiger partial charge in [-0.2, -0.15) is 0 Å². The largest absolute Gasteiger partial charge is 0.511 e. The average Bonchev–Trinajstić information content (AvgIpc) is 3.27. The first-order valence-electron chi connectivity index (χ1n) is 11.2. The van der Waals surface area contributed by atoms with Gasteiger partial charge in [0, 0.05) is 28.8 Å². The van der Waals surface area contributed by atoms with E-state index in [-0.39, 0.29) is 5.92 Å². The van der Waals surface area contributed by atoms with Gasteiger partial charge in [0.05, 0.1) is 29.5 Å². The van der Waals surface area contributed by atoms with E-state index in [1.807, 2.05) is 31.2 Å². The number of ether oxygens (including phenoxy) is 1. The van der Waals surface area contributed by atoms with Gasteiger partial charge in [-0.1, -0.05) is 73.7 Å². The van der Waals surface area contributed by atoms with E-state index >= 15 is 0 Å². The summed E-state index contributed by atoms with van der Waals surface area (Å²) in [6.45, 7) is 2.02. The molecule has 1 N–H and O–H groups in total. The lowest BCUT2D eigenvalue weighted by Crippen LogP contribution is -2.12. The number of nitrogens with zero attached hydrogens (tertiary/aromatic N) is 2. The van der Waals surface area contributed by atoms with Crippen LogP contribution in [-0.4, -0.2) is 21.8 Å². The number of hydrogen-bond acceptors (Lipinski definition) is 3. The van der Waals surface area contributed by atoms with Gasteiger partial charge in [0.15, 0.2) is 0 Å². The van der Waals surface area contributed by atoms with E-state index < -0.39 is 0 Å². The molecule has 0 fully saturated rings. The first-order chi connectivity index (χ1) is 16.2. The predicted octanol–water partition coefficient (Wildman–Crippen LogP) is 7.17. The van der Waals surface area contributed by atoms with Gasteiger partial charge in [-0.25, -0.2) is 4.98 Å². The maximum Gasteiger partial charge on any atom is 0.149 e. The molecule has 5 aromatic rings. The Hall–Kier alpha value is -4.05. The second-order valence-electron chi connectivity index (χ2n) is 8.61. The van der Waals surface area contributed by atoms with Crippen LogP contribution in [0.4, 0.5) is 0 Å². The van der Waals surface area contributed by atoms with Crippen molar-refractivity contribution in [3.05, 3.63) is 102 Å². The number of benzene rings is 4. The zero-order valence-corrected chi connectivity index (χ0v) is 18.6. The van der Waals surface area contributed by atoms with Gasteiger partial charge in [-0.3, -0.25) is 4.57 Å². The van der Waals surface area contributed by atoms with Crippen LogP contribution in [0.25, 0.3) is 43.8 Å². The van der Waals surface area contributed by atoms with E-state index in [0.717, 1.165) is 39.1 Å². The molecule has 162 valence electrons. The van der Waals surface area contributed by atoms with Gasteiger partial charge in [-0.15, -0.1) is 0 Å². The molecule has 0 spiro atoms. The smallest absolute Gasteiger partial charge is 0.149 e. The number of aliphatic hydroxyl groups is 1. The molecule has 0 radical (unpaired) electrons. The Bertz CT molecular complexity index is 1590. The summed E-state index contributed by atoms with van der Waals surface area (Å²) in [5.74, 6) is 1.86. The second-order valence-corrected chi connectivity index (χ2v) is 8.61. The van der Waals surface area contributed by atoms with Crippen LogP contribution in [0.3, 0.4) is 0 Å². The number of hydrogen-bond donors (Lipinski definition) is 1. The number of para-hydroxylation sites is 1. The molecule has 0 amide bonds. The van der Waals surface area contributed by atoms with E-state index in [9.17, 15) is 5.11 Å². The minimum absolute atomic E-state index is 0.0440. The van der Waals surface area contributed by atoms with Gasteiger partial charge in [0.1, 0.15) is 11.6 Å². The molecule has 1 aliphatic rings. The number of imidazole rings is 1. The van der Waals surface area contributed by atoms with Crippen molar-refractivity contribution in [2.45, 2.75) is 13.3 Å². The standard InChI is InChI=1S/C29H24N2O2/c1-18-16-20(33-2)17-25(28(18)32)29-30-26-23-14-8-6-12-21(23)22-13-7-9-15-24(22)27(26)31(29)19-10-4-3-5-11-19/h3-15,17-18,32H,16H2,1-2H3. The van der Waals surface area contributed by atoms with Crippen LogP contribution in [0.2, 0.25) is 0 Å². The summed E-state index contributed by atoms with van der Waals surface area (Å²) in [4.78, 5) is 5.19. The normalized spacial score (nSPS) is 16.5. The fourth-order valence-electron chi connectivity index (χ4n) is 4.99. The van der Waals surface area contributed by atoms with Crippen LogP contribution in [0, 0.1) is 5.92 Å². The zero-order valence-electron chi connectivity index (χ0n) is 18.6. The molecular weight excluding hydrogens is 408 g/mol. The third kappa shape index (κ3) is 2.94. The minimum Gasteiger partial charge on any atom is -0.511 e. The zero-order chi connectivity index (χ0) is 22.5. The summed E-state index contributed by atoms with van der Waals surface area (Å²) in [6, 6.07) is 27.1. The molecule has 4 nitrogen and oxygen atoms in total. The summed E-state index contributed by atoms with van der Waals surface area (Å²) in [5.41, 5.74) is 3.67. The first kappa shape index (κ1) is 19.6. The molecule has 0 saturated heterocycles. The predicted molar refractivity (Wildman–Crippen MR) is 135 cm³/mol. The molecular formula is C29H24N2O2. The number of fused-ring (bicyclic) bond motifs is 6. The van der Waals surface area contributed by atoms with E-state index in [1.54, 1.807) is 7.11 Å². The number of aromatic nitrogens is 2. The summed E-state index contributed by atoms with van der Waals surface area (Å²) in [5, 5.41) is 15.7. The lowest BCUT2D eigenvalue weighted by Gasteiger charge is -2.22. The fraction of sp³-hybridized carbons (Fsp3) is 0.138. The third-order valence-corrected chi connectivity index (χ3v) is 6.60. The topological polar surface area (TPSA) is 47.3 Å². The Balaban J connectivity index is 1.84. The Morgan fingerprint density at radius 2 is 1.45 bits per heavy atom. The van der Waals surface area contributed by atoms with Crippen molar-refractivity contribution >= 4 is 38.2 Å². The van der Waals surface area contributed by atoms with Crippen LogP contribution < -0.4 is 0 Å². The van der Waals surface area contributed by atoms with Crippen molar-refractivity contribution in [2.24, 2.45) is 5.92 Å². The van der Waals surface area contributed by atoms with Crippen molar-refractivity contribution in [3.8, 4) is 5.69 Å². The molecule has 33 heavy (non-hydrogen) atoms. The van der Waals surface area contributed by atoms with E-state index in [0.29, 0.717) is 17.8 Å². The molecule has 0 bridgehead atoms. The van der Waals surface area contributed by atoms with Gasteiger partial charge in [0.25, 0.3) is 0 Å². The molecule has 0 aliphatic heterocycles. The third-order valence-electron chi connectivity index (χ3n) is 6.60. The van der Waals surface area contributed by atoms with Crippen LogP contribution in [-0.2, 0) is 4.74 Å². The Kier molecular flexibility index (Phi) is 4.47. The fourth-order valence-corrected chi connectivity index (χ4v) is 4.99. The van der Waals surface area contributed by atoms with Gasteiger partial charge in [0.2, 0.25) is 0 Å². The van der Waals surface area contributed by atoms with Crippen molar-refractivity contribution in [3.63, 3.8) is 0 Å². The van der Waals surface area contributed by atoms with E-state index in [4.69, 9.17) is 9.72 Å². The molecule has 4 aromatic carbocycles. The molecule has 1 aromatic heterocycles. The minimum atomic E-state index is -0.0440. The van der Waals surface area contributed by atoms with Gasteiger partial charge in [-0.05, 0) is 29.0 Å². The highest BCUT2D eigenvalue weighted by atomic mass is 16.5. The molecule has 4 heteroatoms. The van der Waals surface area contributed by atoms with Crippen molar-refractivity contribution in [2.75, 3.05) is 7.11 Å². The van der Waals surface area contributed by atoms with Crippen LogP contribution in [0.15, 0.2) is 96.5 Å². The van der Waals surface area contributed by atoms with Crippen molar-refractivity contribution < 1.29 is 9.84 Å². The summed E-state index contributed by atoms with van der Waals surface area (Å²) in [6.07, 6.45) is 2.60. The summed E-state index contributed by atoms with van der Waals surface area (Å²) < 4.78 is 7.78. The highest BCUT2D eigenvalue weighted by molar-refractivity contribution is 6.24. The van der Waals surface area contributed by atoms with Gasteiger partial charge >= 0.3 is 0 Å². The first-order valence-corrected chi connectivity index (χ1v) is 11.2. The molecule has 6 rings (SSSR count). The number of rotatable bonds is 3. The number of allylic oxidation sites excluding steroid dienone is 4. The second kappa shape index (κ2) is 7.52. The molecule has 1 unspecified atom stereocenters. The average molecular weight is 433 g/mol.